The number of thiocarbonyl (C=S) groups is 1. The minimum atomic E-state index is 0.384. The highest BCUT2D eigenvalue weighted by Crippen LogP contribution is 2.22. The molecule has 0 N–H and O–H groups in total. The molecule has 1 aliphatic rings. The van der Waals surface area contributed by atoms with Crippen LogP contribution in [0.3, 0.4) is 0 Å². The van der Waals surface area contributed by atoms with Gasteiger partial charge in [0.05, 0.1) is 0 Å². The normalized spacial score (nSPS) is 19.6. The summed E-state index contributed by atoms with van der Waals surface area (Å²) in [7, 11) is 0. The SMILES string of the molecule is S=C(S)OC1CCC1. The third-order valence-electron chi connectivity index (χ3n) is 1.32. The molecule has 0 aromatic heterocycles. The van der Waals surface area contributed by atoms with Crippen molar-refractivity contribution in [3.05, 3.63) is 0 Å². The van der Waals surface area contributed by atoms with Gasteiger partial charge in [-0.3, -0.25) is 0 Å². The van der Waals surface area contributed by atoms with Gasteiger partial charge in [-0.15, -0.1) is 0 Å². The summed E-state index contributed by atoms with van der Waals surface area (Å²) in [5.41, 5.74) is 0. The summed E-state index contributed by atoms with van der Waals surface area (Å²) < 4.78 is 5.47. The predicted molar refractivity (Wildman–Crippen MR) is 40.3 cm³/mol. The molecule has 0 atom stereocenters. The molecule has 1 nitrogen and oxygen atoms in total. The van der Waals surface area contributed by atoms with E-state index in [-0.39, 0.29) is 0 Å². The van der Waals surface area contributed by atoms with E-state index < -0.39 is 0 Å². The summed E-state index contributed by atoms with van der Waals surface area (Å²) >= 11 is 8.45. The Hall–Kier alpha value is 0.240. The molecule has 46 valence electrons. The van der Waals surface area contributed by atoms with Crippen molar-refractivity contribution >= 4 is 29.2 Å². The van der Waals surface area contributed by atoms with Crippen LogP contribution in [0.5, 0.6) is 0 Å². The summed E-state index contributed by atoms with van der Waals surface area (Å²) in [5.74, 6) is 0. The number of ether oxygens (including phenoxy) is 1. The second-order valence-electron chi connectivity index (χ2n) is 1.94. The van der Waals surface area contributed by atoms with Crippen LogP contribution in [0.15, 0.2) is 0 Å². The first-order valence-corrected chi connectivity index (χ1v) is 3.54. The molecule has 1 rings (SSSR count). The maximum Gasteiger partial charge on any atom is 0.217 e. The van der Waals surface area contributed by atoms with Crippen molar-refractivity contribution in [2.75, 3.05) is 0 Å². The molecule has 0 saturated heterocycles. The molecule has 0 heterocycles. The molecule has 0 aliphatic heterocycles. The molecule has 0 bridgehead atoms. The van der Waals surface area contributed by atoms with Crippen LogP contribution in [0, 0.1) is 0 Å². The lowest BCUT2D eigenvalue weighted by molar-refractivity contribution is 0.117. The Balaban J connectivity index is 2.09. The van der Waals surface area contributed by atoms with Gasteiger partial charge in [0.25, 0.3) is 0 Å². The third-order valence-corrected chi connectivity index (χ3v) is 1.52. The van der Waals surface area contributed by atoms with E-state index in [0.29, 0.717) is 10.5 Å². The molecule has 0 aromatic rings. The van der Waals surface area contributed by atoms with Crippen molar-refractivity contribution in [2.24, 2.45) is 0 Å². The van der Waals surface area contributed by atoms with E-state index in [1.54, 1.807) is 0 Å². The first-order chi connectivity index (χ1) is 3.79. The van der Waals surface area contributed by atoms with E-state index in [0.717, 1.165) is 12.8 Å². The molecule has 1 fully saturated rings. The third kappa shape index (κ3) is 1.63. The van der Waals surface area contributed by atoms with E-state index in [2.05, 4.69) is 24.8 Å². The Labute approximate surface area is 59.8 Å². The van der Waals surface area contributed by atoms with Crippen molar-refractivity contribution in [1.82, 2.24) is 0 Å². The van der Waals surface area contributed by atoms with E-state index in [4.69, 9.17) is 4.74 Å². The molecule has 1 saturated carbocycles. The Bertz CT molecular complexity index is 98.6. The van der Waals surface area contributed by atoms with Crippen molar-refractivity contribution < 1.29 is 4.74 Å². The summed E-state index contributed by atoms with van der Waals surface area (Å²) in [4.78, 5) is 0. The zero-order valence-electron chi connectivity index (χ0n) is 4.46. The van der Waals surface area contributed by atoms with Crippen molar-refractivity contribution in [2.45, 2.75) is 25.4 Å². The van der Waals surface area contributed by atoms with Crippen LogP contribution in [-0.2, 0) is 4.74 Å². The number of hydrogen-bond acceptors (Lipinski definition) is 2. The van der Waals surface area contributed by atoms with E-state index in [1.807, 2.05) is 0 Å². The van der Waals surface area contributed by atoms with Crippen LogP contribution in [0.2, 0.25) is 0 Å². The fourth-order valence-electron chi connectivity index (χ4n) is 0.631. The number of thiol groups is 1. The van der Waals surface area contributed by atoms with Crippen LogP contribution in [0.1, 0.15) is 19.3 Å². The topological polar surface area (TPSA) is 9.23 Å². The molecular formula is C5H8OS2. The van der Waals surface area contributed by atoms with E-state index in [9.17, 15) is 0 Å². The van der Waals surface area contributed by atoms with Crippen LogP contribution in [0.4, 0.5) is 0 Å². The minimum Gasteiger partial charge on any atom is -0.475 e. The smallest absolute Gasteiger partial charge is 0.217 e. The maximum atomic E-state index is 5.08. The Morgan fingerprint density at radius 3 is 2.38 bits per heavy atom. The average Bonchev–Trinajstić information content (AvgIpc) is 1.55. The first-order valence-electron chi connectivity index (χ1n) is 2.68. The lowest BCUT2D eigenvalue weighted by Gasteiger charge is -2.24. The molecule has 0 radical (unpaired) electrons. The summed E-state index contributed by atoms with van der Waals surface area (Å²) in [6.07, 6.45) is 3.97. The molecule has 0 spiro atoms. The zero-order valence-corrected chi connectivity index (χ0v) is 6.17. The Morgan fingerprint density at radius 2 is 2.25 bits per heavy atom. The van der Waals surface area contributed by atoms with Crippen molar-refractivity contribution in [1.29, 1.82) is 0 Å². The number of hydrogen-bond donors (Lipinski definition) is 1. The van der Waals surface area contributed by atoms with Gasteiger partial charge >= 0.3 is 0 Å². The summed E-state index contributed by atoms with van der Waals surface area (Å²) in [6, 6.07) is 0. The van der Waals surface area contributed by atoms with Gasteiger partial charge in [0, 0.05) is 0 Å². The predicted octanol–water partition coefficient (Wildman–Crippen LogP) is 1.77. The molecule has 8 heavy (non-hydrogen) atoms. The monoisotopic (exact) mass is 148 g/mol. The molecule has 0 unspecified atom stereocenters. The van der Waals surface area contributed by atoms with Gasteiger partial charge in [-0.25, -0.2) is 0 Å². The van der Waals surface area contributed by atoms with Crippen molar-refractivity contribution in [3.8, 4) is 0 Å². The van der Waals surface area contributed by atoms with Gasteiger partial charge in [-0.05, 0) is 31.5 Å². The number of rotatable bonds is 1. The highest BCUT2D eigenvalue weighted by molar-refractivity contribution is 8.10. The molecule has 1 aliphatic carbocycles. The standard InChI is InChI=1S/C5H8OS2/c7-5(8)6-4-2-1-3-4/h4H,1-3H2,(H,7,8). The minimum absolute atomic E-state index is 0.384. The lowest BCUT2D eigenvalue weighted by Crippen LogP contribution is -2.22. The Morgan fingerprint density at radius 1 is 1.62 bits per heavy atom. The lowest BCUT2D eigenvalue weighted by atomic mass is 9.96. The first kappa shape index (κ1) is 6.36. The second kappa shape index (κ2) is 2.69. The second-order valence-corrected chi connectivity index (χ2v) is 3.02. The fraction of sp³-hybridized carbons (Fsp3) is 0.800. The summed E-state index contributed by atoms with van der Waals surface area (Å²) in [6.45, 7) is 0. The quantitative estimate of drug-likeness (QED) is 0.448. The summed E-state index contributed by atoms with van der Waals surface area (Å²) in [5, 5.41) is 0. The Kier molecular flexibility index (Phi) is 2.14. The maximum absolute atomic E-state index is 5.08. The van der Waals surface area contributed by atoms with Gasteiger partial charge in [0.2, 0.25) is 4.38 Å². The van der Waals surface area contributed by atoms with Gasteiger partial charge < -0.3 is 4.74 Å². The largest absolute Gasteiger partial charge is 0.475 e. The molecule has 0 amide bonds. The van der Waals surface area contributed by atoms with E-state index in [1.165, 1.54) is 6.42 Å². The molecular weight excluding hydrogens is 140 g/mol. The highest BCUT2D eigenvalue weighted by Gasteiger charge is 2.18. The van der Waals surface area contributed by atoms with Gasteiger partial charge in [-0.2, -0.15) is 0 Å². The molecule has 0 aromatic carbocycles. The molecule has 3 heteroatoms. The average molecular weight is 148 g/mol. The van der Waals surface area contributed by atoms with E-state index >= 15 is 0 Å². The van der Waals surface area contributed by atoms with Gasteiger partial charge in [-0.1, -0.05) is 12.6 Å². The van der Waals surface area contributed by atoms with Crippen LogP contribution >= 0.6 is 24.8 Å². The zero-order chi connectivity index (χ0) is 5.98. The highest BCUT2D eigenvalue weighted by atomic mass is 32.1. The van der Waals surface area contributed by atoms with Gasteiger partial charge in [0.1, 0.15) is 6.10 Å². The van der Waals surface area contributed by atoms with Crippen LogP contribution in [0.25, 0.3) is 0 Å². The van der Waals surface area contributed by atoms with Crippen molar-refractivity contribution in [3.63, 3.8) is 0 Å². The van der Waals surface area contributed by atoms with Crippen LogP contribution in [-0.4, -0.2) is 10.5 Å². The van der Waals surface area contributed by atoms with Gasteiger partial charge in [0.15, 0.2) is 0 Å². The fourth-order valence-corrected chi connectivity index (χ4v) is 0.916. The van der Waals surface area contributed by atoms with Crippen LogP contribution < -0.4 is 0 Å².